The first-order chi connectivity index (χ1) is 6.60. The van der Waals surface area contributed by atoms with Gasteiger partial charge in [0.05, 0.1) is 5.75 Å². The molecule has 1 unspecified atom stereocenters. The van der Waals surface area contributed by atoms with E-state index in [1.807, 2.05) is 14.0 Å². The summed E-state index contributed by atoms with van der Waals surface area (Å²) in [5.74, 6) is 0.783. The van der Waals surface area contributed by atoms with Gasteiger partial charge in [0.15, 0.2) is 0 Å². The summed E-state index contributed by atoms with van der Waals surface area (Å²) in [4.78, 5) is 0. The van der Waals surface area contributed by atoms with E-state index in [4.69, 9.17) is 0 Å². The van der Waals surface area contributed by atoms with Gasteiger partial charge in [-0.2, -0.15) is 0 Å². The van der Waals surface area contributed by atoms with Crippen molar-refractivity contribution in [1.29, 1.82) is 0 Å². The predicted octanol–water partition coefficient (Wildman–Crippen LogP) is 0.689. The standard InChI is InChI=1S/C9H20N2O2S.ClH/c1-3-6-14(12,13)11-5-4-9(8-11)7-10-2;/h9-10H,3-8H2,1-2H3;1H. The van der Waals surface area contributed by atoms with Crippen LogP contribution in [0.15, 0.2) is 0 Å². The van der Waals surface area contributed by atoms with Gasteiger partial charge in [0.1, 0.15) is 0 Å². The molecule has 1 fully saturated rings. The van der Waals surface area contributed by atoms with Crippen molar-refractivity contribution in [2.75, 3.05) is 32.4 Å². The highest BCUT2D eigenvalue weighted by molar-refractivity contribution is 7.89. The van der Waals surface area contributed by atoms with Crippen LogP contribution in [0, 0.1) is 5.92 Å². The van der Waals surface area contributed by atoms with Crippen LogP contribution in [0.3, 0.4) is 0 Å². The smallest absolute Gasteiger partial charge is 0.214 e. The van der Waals surface area contributed by atoms with Gasteiger partial charge in [-0.15, -0.1) is 12.4 Å². The second-order valence-electron chi connectivity index (χ2n) is 3.89. The molecule has 1 heterocycles. The third-order valence-electron chi connectivity index (χ3n) is 2.60. The van der Waals surface area contributed by atoms with Gasteiger partial charge in [-0.05, 0) is 32.4 Å². The number of nitrogens with zero attached hydrogens (tertiary/aromatic N) is 1. The van der Waals surface area contributed by atoms with E-state index >= 15 is 0 Å². The molecule has 92 valence electrons. The third kappa shape index (κ3) is 4.26. The molecule has 1 rings (SSSR count). The molecule has 1 aliphatic heterocycles. The minimum absolute atomic E-state index is 0. The molecule has 6 heteroatoms. The first-order valence-corrected chi connectivity index (χ1v) is 6.83. The third-order valence-corrected chi connectivity index (χ3v) is 4.64. The maximum atomic E-state index is 11.7. The highest BCUT2D eigenvalue weighted by atomic mass is 35.5. The van der Waals surface area contributed by atoms with E-state index in [-0.39, 0.29) is 12.4 Å². The predicted molar refractivity (Wildman–Crippen MR) is 64.9 cm³/mol. The van der Waals surface area contributed by atoms with Crippen molar-refractivity contribution in [2.45, 2.75) is 19.8 Å². The van der Waals surface area contributed by atoms with E-state index < -0.39 is 10.0 Å². The SMILES string of the molecule is CCCS(=O)(=O)N1CCC(CNC)C1.Cl. The Morgan fingerprint density at radius 2 is 2.13 bits per heavy atom. The topological polar surface area (TPSA) is 49.4 Å². The van der Waals surface area contributed by atoms with Crippen LogP contribution in [0.25, 0.3) is 0 Å². The molecule has 0 amide bonds. The van der Waals surface area contributed by atoms with Gasteiger partial charge in [-0.3, -0.25) is 0 Å². The summed E-state index contributed by atoms with van der Waals surface area (Å²) in [7, 11) is -1.05. The van der Waals surface area contributed by atoms with Crippen molar-refractivity contribution in [1.82, 2.24) is 9.62 Å². The summed E-state index contributed by atoms with van der Waals surface area (Å²) in [5, 5.41) is 3.09. The largest absolute Gasteiger partial charge is 0.319 e. The van der Waals surface area contributed by atoms with Crippen LogP contribution >= 0.6 is 12.4 Å². The minimum Gasteiger partial charge on any atom is -0.319 e. The van der Waals surface area contributed by atoms with E-state index in [1.165, 1.54) is 0 Å². The van der Waals surface area contributed by atoms with Gasteiger partial charge in [-0.25, -0.2) is 12.7 Å². The molecule has 15 heavy (non-hydrogen) atoms. The lowest BCUT2D eigenvalue weighted by molar-refractivity contribution is 0.450. The van der Waals surface area contributed by atoms with Crippen LogP contribution in [0.1, 0.15) is 19.8 Å². The Balaban J connectivity index is 0.00000196. The highest BCUT2D eigenvalue weighted by Crippen LogP contribution is 2.19. The number of halogens is 1. The molecular weight excluding hydrogens is 236 g/mol. The number of hydrogen-bond acceptors (Lipinski definition) is 3. The van der Waals surface area contributed by atoms with Gasteiger partial charge in [-0.1, -0.05) is 6.92 Å². The number of sulfonamides is 1. The molecule has 1 saturated heterocycles. The average Bonchev–Trinajstić information content (AvgIpc) is 2.54. The van der Waals surface area contributed by atoms with Crippen LogP contribution in [0.5, 0.6) is 0 Å². The number of hydrogen-bond donors (Lipinski definition) is 1. The number of rotatable bonds is 5. The highest BCUT2D eigenvalue weighted by Gasteiger charge is 2.29. The van der Waals surface area contributed by atoms with Gasteiger partial charge in [0, 0.05) is 13.1 Å². The monoisotopic (exact) mass is 256 g/mol. The first kappa shape index (κ1) is 15.2. The molecule has 0 aromatic heterocycles. The fourth-order valence-electron chi connectivity index (χ4n) is 1.89. The van der Waals surface area contributed by atoms with E-state index in [0.717, 1.165) is 13.0 Å². The molecule has 0 radical (unpaired) electrons. The van der Waals surface area contributed by atoms with E-state index in [2.05, 4.69) is 5.32 Å². The normalized spacial score (nSPS) is 22.7. The average molecular weight is 257 g/mol. The Kier molecular flexibility index (Phi) is 6.75. The molecule has 1 N–H and O–H groups in total. The van der Waals surface area contributed by atoms with Crippen LogP contribution in [0.4, 0.5) is 0 Å². The zero-order valence-electron chi connectivity index (χ0n) is 9.40. The Labute approximate surface area is 98.9 Å². The maximum Gasteiger partial charge on any atom is 0.214 e. The first-order valence-electron chi connectivity index (χ1n) is 5.22. The molecule has 0 bridgehead atoms. The Morgan fingerprint density at radius 3 is 2.67 bits per heavy atom. The molecular formula is C9H21ClN2O2S. The molecule has 0 spiro atoms. The van der Waals surface area contributed by atoms with Crippen molar-refractivity contribution >= 4 is 22.4 Å². The van der Waals surface area contributed by atoms with E-state index in [9.17, 15) is 8.42 Å². The Bertz CT molecular complexity index is 269. The lowest BCUT2D eigenvalue weighted by Gasteiger charge is -2.15. The summed E-state index contributed by atoms with van der Waals surface area (Å²) in [6.07, 6.45) is 1.69. The van der Waals surface area contributed by atoms with Gasteiger partial charge < -0.3 is 5.32 Å². The Morgan fingerprint density at radius 1 is 1.47 bits per heavy atom. The van der Waals surface area contributed by atoms with Gasteiger partial charge in [0.25, 0.3) is 0 Å². The fourth-order valence-corrected chi connectivity index (χ4v) is 3.49. The van der Waals surface area contributed by atoms with E-state index in [1.54, 1.807) is 4.31 Å². The molecule has 0 saturated carbocycles. The zero-order chi connectivity index (χ0) is 10.6. The summed E-state index contributed by atoms with van der Waals surface area (Å²) < 4.78 is 25.0. The minimum atomic E-state index is -2.96. The maximum absolute atomic E-state index is 11.7. The molecule has 4 nitrogen and oxygen atoms in total. The van der Waals surface area contributed by atoms with Crippen molar-refractivity contribution in [3.63, 3.8) is 0 Å². The molecule has 0 aliphatic carbocycles. The lowest BCUT2D eigenvalue weighted by Crippen LogP contribution is -2.32. The van der Waals surface area contributed by atoms with Crippen molar-refractivity contribution < 1.29 is 8.42 Å². The van der Waals surface area contributed by atoms with E-state index in [0.29, 0.717) is 31.2 Å². The van der Waals surface area contributed by atoms with Crippen molar-refractivity contribution in [3.8, 4) is 0 Å². The van der Waals surface area contributed by atoms with Crippen LogP contribution in [-0.2, 0) is 10.0 Å². The summed E-state index contributed by atoms with van der Waals surface area (Å²) in [5.41, 5.74) is 0. The second-order valence-corrected chi connectivity index (χ2v) is 5.97. The molecule has 0 aromatic rings. The molecule has 1 aliphatic rings. The van der Waals surface area contributed by atoms with Crippen LogP contribution < -0.4 is 5.32 Å². The van der Waals surface area contributed by atoms with Crippen LogP contribution in [0.2, 0.25) is 0 Å². The Hall–Kier alpha value is 0.160. The lowest BCUT2D eigenvalue weighted by atomic mass is 10.1. The fraction of sp³-hybridized carbons (Fsp3) is 1.00. The van der Waals surface area contributed by atoms with Gasteiger partial charge >= 0.3 is 0 Å². The van der Waals surface area contributed by atoms with Crippen LogP contribution in [-0.4, -0.2) is 45.2 Å². The summed E-state index contributed by atoms with van der Waals surface area (Å²) >= 11 is 0. The zero-order valence-corrected chi connectivity index (χ0v) is 11.0. The summed E-state index contributed by atoms with van der Waals surface area (Å²) in [6, 6.07) is 0. The summed E-state index contributed by atoms with van der Waals surface area (Å²) in [6.45, 7) is 4.22. The quantitative estimate of drug-likeness (QED) is 0.788. The molecule has 0 aromatic carbocycles. The van der Waals surface area contributed by atoms with Crippen molar-refractivity contribution in [2.24, 2.45) is 5.92 Å². The number of nitrogens with one attached hydrogen (secondary N) is 1. The van der Waals surface area contributed by atoms with Crippen molar-refractivity contribution in [3.05, 3.63) is 0 Å². The van der Waals surface area contributed by atoms with Gasteiger partial charge in [0.2, 0.25) is 10.0 Å². The molecule has 1 atom stereocenters. The second kappa shape index (κ2) is 6.68.